The number of nitrogens with one attached hydrogen (secondary N) is 1. The summed E-state index contributed by atoms with van der Waals surface area (Å²) in [5.74, 6) is -0.442. The number of hydrogen-bond acceptors (Lipinski definition) is 4. The van der Waals surface area contributed by atoms with Crippen LogP contribution in [0.1, 0.15) is 30.9 Å². The van der Waals surface area contributed by atoms with Gasteiger partial charge in [-0.05, 0) is 32.9 Å². The summed E-state index contributed by atoms with van der Waals surface area (Å²) < 4.78 is 13.9. The van der Waals surface area contributed by atoms with E-state index in [1.807, 2.05) is 0 Å². The van der Waals surface area contributed by atoms with Crippen molar-refractivity contribution in [3.05, 3.63) is 35.1 Å². The van der Waals surface area contributed by atoms with Crippen LogP contribution >= 0.6 is 0 Å². The van der Waals surface area contributed by atoms with Crippen molar-refractivity contribution in [2.24, 2.45) is 10.9 Å². The van der Waals surface area contributed by atoms with Crippen molar-refractivity contribution in [3.8, 4) is 0 Å². The third-order valence-electron chi connectivity index (χ3n) is 4.03. The largest absolute Gasteiger partial charge is 0.409 e. The van der Waals surface area contributed by atoms with Gasteiger partial charge in [0.25, 0.3) is 0 Å². The zero-order valence-electron chi connectivity index (χ0n) is 12.5. The molecule has 1 saturated carbocycles. The summed E-state index contributed by atoms with van der Waals surface area (Å²) >= 11 is 0. The predicted octanol–water partition coefficient (Wildman–Crippen LogP) is 1.49. The van der Waals surface area contributed by atoms with E-state index in [1.54, 1.807) is 12.1 Å². The number of nitrogens with two attached hydrogens (primary N) is 1. The maximum absolute atomic E-state index is 13.9. The lowest BCUT2D eigenvalue weighted by molar-refractivity contribution is 0.241. The molecule has 1 aromatic rings. The van der Waals surface area contributed by atoms with Crippen molar-refractivity contribution in [2.75, 3.05) is 13.6 Å². The van der Waals surface area contributed by atoms with Crippen LogP contribution in [0, 0.1) is 5.82 Å². The van der Waals surface area contributed by atoms with Crippen molar-refractivity contribution in [1.29, 1.82) is 0 Å². The van der Waals surface area contributed by atoms with E-state index in [1.165, 1.54) is 18.9 Å². The highest BCUT2D eigenvalue weighted by molar-refractivity contribution is 5.97. The molecule has 0 saturated heterocycles. The van der Waals surface area contributed by atoms with Gasteiger partial charge in [0, 0.05) is 36.3 Å². The van der Waals surface area contributed by atoms with Crippen LogP contribution in [-0.4, -0.2) is 41.6 Å². The number of oxime groups is 1. The Balaban J connectivity index is 1.85. The molecule has 0 aliphatic heterocycles. The fourth-order valence-corrected chi connectivity index (χ4v) is 2.31. The van der Waals surface area contributed by atoms with Crippen LogP contribution in [0.3, 0.4) is 0 Å². The molecule has 0 aromatic heterocycles. The van der Waals surface area contributed by atoms with Crippen LogP contribution in [0.25, 0.3) is 0 Å². The Morgan fingerprint density at radius 3 is 2.86 bits per heavy atom. The Kier molecular flexibility index (Phi) is 5.14. The summed E-state index contributed by atoms with van der Waals surface area (Å²) in [7, 11) is 2.14. The SMILES string of the molecule is CC(CNCc1ccc(/C(N)=N/O)cc1F)N(C)C1CC1. The Morgan fingerprint density at radius 2 is 2.29 bits per heavy atom. The molecular weight excluding hydrogens is 271 g/mol. The minimum absolute atomic E-state index is 0.0897. The molecule has 2 rings (SSSR count). The normalized spacial score (nSPS) is 17.2. The average molecular weight is 294 g/mol. The van der Waals surface area contributed by atoms with Gasteiger partial charge >= 0.3 is 0 Å². The van der Waals surface area contributed by atoms with Crippen LogP contribution < -0.4 is 11.1 Å². The van der Waals surface area contributed by atoms with Gasteiger partial charge in [-0.2, -0.15) is 0 Å². The van der Waals surface area contributed by atoms with Crippen molar-refractivity contribution in [2.45, 2.75) is 38.4 Å². The van der Waals surface area contributed by atoms with Crippen LogP contribution in [-0.2, 0) is 6.54 Å². The highest BCUT2D eigenvalue weighted by atomic mass is 19.1. The molecule has 1 aliphatic carbocycles. The lowest BCUT2D eigenvalue weighted by Crippen LogP contribution is -2.39. The molecule has 0 heterocycles. The van der Waals surface area contributed by atoms with Crippen LogP contribution in [0.15, 0.2) is 23.4 Å². The summed E-state index contributed by atoms with van der Waals surface area (Å²) in [6, 6.07) is 5.74. The molecule has 1 aromatic carbocycles. The van der Waals surface area contributed by atoms with Crippen LogP contribution in [0.4, 0.5) is 4.39 Å². The minimum atomic E-state index is -0.352. The number of amidine groups is 1. The van der Waals surface area contributed by atoms with Crippen molar-refractivity contribution in [1.82, 2.24) is 10.2 Å². The van der Waals surface area contributed by atoms with Crippen molar-refractivity contribution >= 4 is 5.84 Å². The molecule has 1 fully saturated rings. The van der Waals surface area contributed by atoms with E-state index in [0.29, 0.717) is 23.7 Å². The predicted molar refractivity (Wildman–Crippen MR) is 80.9 cm³/mol. The van der Waals surface area contributed by atoms with Gasteiger partial charge in [0.15, 0.2) is 5.84 Å². The van der Waals surface area contributed by atoms with Gasteiger partial charge in [-0.25, -0.2) is 4.39 Å². The molecule has 0 bridgehead atoms. The molecule has 1 unspecified atom stereocenters. The summed E-state index contributed by atoms with van der Waals surface area (Å²) in [4.78, 5) is 2.37. The first-order valence-corrected chi connectivity index (χ1v) is 7.22. The molecule has 6 heteroatoms. The Hall–Kier alpha value is -1.66. The number of hydrogen-bond donors (Lipinski definition) is 3. The number of benzene rings is 1. The number of rotatable bonds is 7. The zero-order valence-corrected chi connectivity index (χ0v) is 12.5. The van der Waals surface area contributed by atoms with E-state index in [2.05, 4.69) is 29.3 Å². The second-order valence-electron chi connectivity index (χ2n) is 5.67. The summed E-state index contributed by atoms with van der Waals surface area (Å²) in [6.45, 7) is 3.45. The van der Waals surface area contributed by atoms with Gasteiger partial charge in [-0.15, -0.1) is 0 Å². The summed E-state index contributed by atoms with van der Waals surface area (Å²) in [5, 5.41) is 14.7. The highest BCUT2D eigenvalue weighted by Crippen LogP contribution is 2.26. The van der Waals surface area contributed by atoms with E-state index < -0.39 is 0 Å². The molecule has 4 N–H and O–H groups in total. The van der Waals surface area contributed by atoms with E-state index in [0.717, 1.165) is 12.6 Å². The first-order chi connectivity index (χ1) is 10.0. The molecule has 0 amide bonds. The molecule has 116 valence electrons. The summed E-state index contributed by atoms with van der Waals surface area (Å²) in [5.41, 5.74) is 6.38. The molecule has 0 radical (unpaired) electrons. The van der Waals surface area contributed by atoms with Crippen molar-refractivity contribution in [3.63, 3.8) is 0 Å². The second-order valence-corrected chi connectivity index (χ2v) is 5.67. The average Bonchev–Trinajstić information content (AvgIpc) is 3.31. The Labute approximate surface area is 124 Å². The lowest BCUT2D eigenvalue weighted by Gasteiger charge is -2.24. The molecule has 1 aliphatic rings. The van der Waals surface area contributed by atoms with Gasteiger partial charge in [0.05, 0.1) is 0 Å². The second kappa shape index (κ2) is 6.87. The van der Waals surface area contributed by atoms with Gasteiger partial charge in [-0.3, -0.25) is 4.90 Å². The topological polar surface area (TPSA) is 73.9 Å². The molecule has 21 heavy (non-hydrogen) atoms. The number of halogens is 1. The maximum atomic E-state index is 13.9. The number of likely N-dealkylation sites (N-methyl/N-ethyl adjacent to an activating group) is 1. The standard InChI is InChI=1S/C15H23FN4O/c1-10(20(2)13-5-6-13)8-18-9-12-4-3-11(7-14(12)16)15(17)19-21/h3-4,7,10,13,18,21H,5-6,8-9H2,1-2H3,(H2,17,19). The monoisotopic (exact) mass is 294 g/mol. The smallest absolute Gasteiger partial charge is 0.170 e. The van der Waals surface area contributed by atoms with Crippen LogP contribution in [0.2, 0.25) is 0 Å². The highest BCUT2D eigenvalue weighted by Gasteiger charge is 2.28. The van der Waals surface area contributed by atoms with Crippen molar-refractivity contribution < 1.29 is 9.60 Å². The van der Waals surface area contributed by atoms with Gasteiger partial charge in [0.1, 0.15) is 5.82 Å². The first kappa shape index (κ1) is 15.7. The molecule has 0 spiro atoms. The molecule has 1 atom stereocenters. The first-order valence-electron chi connectivity index (χ1n) is 7.22. The minimum Gasteiger partial charge on any atom is -0.409 e. The fourth-order valence-electron chi connectivity index (χ4n) is 2.31. The van der Waals surface area contributed by atoms with Gasteiger partial charge < -0.3 is 16.3 Å². The van der Waals surface area contributed by atoms with E-state index in [-0.39, 0.29) is 11.7 Å². The molecule has 5 nitrogen and oxygen atoms in total. The van der Waals surface area contributed by atoms with E-state index in [4.69, 9.17) is 10.9 Å². The van der Waals surface area contributed by atoms with Crippen LogP contribution in [0.5, 0.6) is 0 Å². The van der Waals surface area contributed by atoms with E-state index in [9.17, 15) is 4.39 Å². The fraction of sp³-hybridized carbons (Fsp3) is 0.533. The maximum Gasteiger partial charge on any atom is 0.170 e. The number of nitrogens with zero attached hydrogens (tertiary/aromatic N) is 2. The zero-order chi connectivity index (χ0) is 15.4. The quantitative estimate of drug-likeness (QED) is 0.308. The Morgan fingerprint density at radius 1 is 1.57 bits per heavy atom. The third-order valence-corrected chi connectivity index (χ3v) is 4.03. The van der Waals surface area contributed by atoms with Gasteiger partial charge in [0.2, 0.25) is 0 Å². The summed E-state index contributed by atoms with van der Waals surface area (Å²) in [6.07, 6.45) is 2.57. The van der Waals surface area contributed by atoms with E-state index >= 15 is 0 Å². The lowest BCUT2D eigenvalue weighted by atomic mass is 10.1. The Bertz CT molecular complexity index is 516. The third kappa shape index (κ3) is 4.15. The van der Waals surface area contributed by atoms with Gasteiger partial charge in [-0.1, -0.05) is 17.3 Å². The molecular formula is C15H23FN4O.